The molecule has 0 atom stereocenters. The molecular weight excluding hydrogens is 305 g/mol. The predicted molar refractivity (Wildman–Crippen MR) is 68.7 cm³/mol. The Morgan fingerprint density at radius 1 is 1.53 bits per heavy atom. The van der Waals surface area contributed by atoms with Gasteiger partial charge in [0.2, 0.25) is 0 Å². The van der Waals surface area contributed by atoms with E-state index in [0.29, 0.717) is 17.7 Å². The minimum atomic E-state index is -0.117. The van der Waals surface area contributed by atoms with Crippen LogP contribution in [0.5, 0.6) is 5.75 Å². The lowest BCUT2D eigenvalue weighted by Gasteiger charge is -2.07. The first-order valence-corrected chi connectivity index (χ1v) is 6.32. The van der Waals surface area contributed by atoms with E-state index in [2.05, 4.69) is 27.9 Å². The van der Waals surface area contributed by atoms with Crippen molar-refractivity contribution in [1.82, 2.24) is 5.32 Å². The lowest BCUT2D eigenvalue weighted by Crippen LogP contribution is -2.25. The third-order valence-corrected chi connectivity index (χ3v) is 2.91. The van der Waals surface area contributed by atoms with Gasteiger partial charge in [-0.2, -0.15) is 0 Å². The monoisotopic (exact) mass is 319 g/mol. The van der Waals surface area contributed by atoms with Crippen LogP contribution in [0.2, 0.25) is 0 Å². The molecule has 0 fully saturated rings. The van der Waals surface area contributed by atoms with Crippen molar-refractivity contribution in [3.05, 3.63) is 29.3 Å². The maximum Gasteiger partial charge on any atom is 0.251 e. The molecular formula is C11H14INO2. The lowest BCUT2D eigenvalue weighted by molar-refractivity contribution is 0.0953. The predicted octanol–water partition coefficient (Wildman–Crippen LogP) is 2.26. The van der Waals surface area contributed by atoms with Gasteiger partial charge in [0.25, 0.3) is 5.91 Å². The molecule has 0 aromatic heterocycles. The van der Waals surface area contributed by atoms with Crippen LogP contribution in [-0.4, -0.2) is 22.0 Å². The van der Waals surface area contributed by atoms with Gasteiger partial charge in [0.1, 0.15) is 5.75 Å². The van der Waals surface area contributed by atoms with Crippen LogP contribution in [0.25, 0.3) is 0 Å². The lowest BCUT2D eigenvalue weighted by atomic mass is 10.1. The van der Waals surface area contributed by atoms with Gasteiger partial charge in [-0.15, -0.1) is 0 Å². The molecule has 1 aromatic rings. The van der Waals surface area contributed by atoms with Crippen molar-refractivity contribution in [2.24, 2.45) is 0 Å². The fourth-order valence-electron chi connectivity index (χ4n) is 1.23. The number of aromatic hydroxyl groups is 1. The van der Waals surface area contributed by atoms with Gasteiger partial charge in [-0.3, -0.25) is 4.79 Å². The fraction of sp³-hybridized carbons (Fsp3) is 0.364. The number of rotatable bonds is 4. The highest BCUT2D eigenvalue weighted by molar-refractivity contribution is 14.1. The minimum Gasteiger partial charge on any atom is -0.508 e. The number of hydrogen-bond donors (Lipinski definition) is 2. The molecule has 2 N–H and O–H groups in total. The van der Waals surface area contributed by atoms with Gasteiger partial charge in [0, 0.05) is 22.1 Å². The van der Waals surface area contributed by atoms with Crippen molar-refractivity contribution in [2.75, 3.05) is 11.0 Å². The molecule has 1 rings (SSSR count). The van der Waals surface area contributed by atoms with E-state index in [1.807, 2.05) is 0 Å². The number of halogens is 1. The van der Waals surface area contributed by atoms with Gasteiger partial charge in [-0.1, -0.05) is 28.7 Å². The standard InChI is InChI=1S/C11H14INO2/c1-8-9(4-2-5-10(8)14)11(15)13-7-3-6-12/h2,4-5,14H,3,6-7H2,1H3,(H,13,15). The molecule has 0 aliphatic rings. The van der Waals surface area contributed by atoms with Gasteiger partial charge < -0.3 is 10.4 Å². The van der Waals surface area contributed by atoms with E-state index in [-0.39, 0.29) is 11.7 Å². The van der Waals surface area contributed by atoms with Crippen LogP contribution in [0.4, 0.5) is 0 Å². The molecule has 0 aliphatic heterocycles. The highest BCUT2D eigenvalue weighted by Crippen LogP contribution is 2.19. The highest BCUT2D eigenvalue weighted by atomic mass is 127. The average molecular weight is 319 g/mol. The highest BCUT2D eigenvalue weighted by Gasteiger charge is 2.09. The summed E-state index contributed by atoms with van der Waals surface area (Å²) in [5, 5.41) is 12.3. The zero-order valence-corrected chi connectivity index (χ0v) is 10.7. The Labute approximate surface area is 103 Å². The Morgan fingerprint density at radius 3 is 2.93 bits per heavy atom. The molecule has 0 unspecified atom stereocenters. The van der Waals surface area contributed by atoms with Crippen molar-refractivity contribution < 1.29 is 9.90 Å². The summed E-state index contributed by atoms with van der Waals surface area (Å²) in [7, 11) is 0. The number of alkyl halides is 1. The number of phenolic OH excluding ortho intramolecular Hbond substituents is 1. The van der Waals surface area contributed by atoms with Gasteiger partial charge in [0.05, 0.1) is 0 Å². The van der Waals surface area contributed by atoms with Gasteiger partial charge in [-0.05, 0) is 25.5 Å². The van der Waals surface area contributed by atoms with E-state index in [9.17, 15) is 9.90 Å². The summed E-state index contributed by atoms with van der Waals surface area (Å²) in [5.74, 6) is 0.0461. The van der Waals surface area contributed by atoms with Gasteiger partial charge >= 0.3 is 0 Å². The van der Waals surface area contributed by atoms with Crippen LogP contribution < -0.4 is 5.32 Å². The molecule has 4 heteroatoms. The second kappa shape index (κ2) is 5.95. The molecule has 1 aromatic carbocycles. The topological polar surface area (TPSA) is 49.3 Å². The summed E-state index contributed by atoms with van der Waals surface area (Å²) >= 11 is 2.27. The average Bonchev–Trinajstić information content (AvgIpc) is 2.22. The van der Waals surface area contributed by atoms with Gasteiger partial charge in [-0.25, -0.2) is 0 Å². The van der Waals surface area contributed by atoms with Gasteiger partial charge in [0.15, 0.2) is 0 Å². The maximum absolute atomic E-state index is 11.7. The summed E-state index contributed by atoms with van der Waals surface area (Å²) in [4.78, 5) is 11.7. The first-order chi connectivity index (χ1) is 7.16. The molecule has 3 nitrogen and oxygen atoms in total. The van der Waals surface area contributed by atoms with Crippen molar-refractivity contribution >= 4 is 28.5 Å². The first kappa shape index (κ1) is 12.3. The normalized spacial score (nSPS) is 10.0. The summed E-state index contributed by atoms with van der Waals surface area (Å²) in [6, 6.07) is 4.97. The van der Waals surface area contributed by atoms with Crippen molar-refractivity contribution in [3.8, 4) is 5.75 Å². The number of carbonyl (C=O) groups excluding carboxylic acids is 1. The Morgan fingerprint density at radius 2 is 2.27 bits per heavy atom. The quantitative estimate of drug-likeness (QED) is 0.508. The van der Waals surface area contributed by atoms with Crippen molar-refractivity contribution in [3.63, 3.8) is 0 Å². The second-order valence-corrected chi connectivity index (χ2v) is 4.33. The fourth-order valence-corrected chi connectivity index (χ4v) is 1.61. The van der Waals surface area contributed by atoms with E-state index in [0.717, 1.165) is 10.8 Å². The van der Waals surface area contributed by atoms with E-state index in [1.165, 1.54) is 0 Å². The molecule has 0 aliphatic carbocycles. The van der Waals surface area contributed by atoms with Crippen LogP contribution in [0.1, 0.15) is 22.3 Å². The smallest absolute Gasteiger partial charge is 0.251 e. The van der Waals surface area contributed by atoms with Crippen LogP contribution >= 0.6 is 22.6 Å². The Bertz CT molecular complexity index is 352. The largest absolute Gasteiger partial charge is 0.508 e. The molecule has 1 amide bonds. The maximum atomic E-state index is 11.7. The second-order valence-electron chi connectivity index (χ2n) is 3.25. The van der Waals surface area contributed by atoms with Crippen molar-refractivity contribution in [1.29, 1.82) is 0 Å². The molecule has 0 spiro atoms. The number of amides is 1. The molecule has 0 saturated carbocycles. The minimum absolute atomic E-state index is 0.117. The molecule has 15 heavy (non-hydrogen) atoms. The Balaban J connectivity index is 2.69. The molecule has 0 radical (unpaired) electrons. The summed E-state index contributed by atoms with van der Waals surface area (Å²) < 4.78 is 1.02. The SMILES string of the molecule is Cc1c(O)cccc1C(=O)NCCCI. The van der Waals surface area contributed by atoms with Crippen molar-refractivity contribution in [2.45, 2.75) is 13.3 Å². The third kappa shape index (κ3) is 3.37. The number of hydrogen-bond acceptors (Lipinski definition) is 2. The Hall–Kier alpha value is -0.780. The molecule has 0 saturated heterocycles. The van der Waals surface area contributed by atoms with E-state index < -0.39 is 0 Å². The zero-order chi connectivity index (χ0) is 11.3. The van der Waals surface area contributed by atoms with Crippen LogP contribution in [0.15, 0.2) is 18.2 Å². The Kier molecular flexibility index (Phi) is 4.87. The van der Waals surface area contributed by atoms with Crippen LogP contribution in [-0.2, 0) is 0 Å². The number of nitrogens with one attached hydrogen (secondary N) is 1. The van der Waals surface area contributed by atoms with Crippen LogP contribution in [0, 0.1) is 6.92 Å². The zero-order valence-electron chi connectivity index (χ0n) is 8.59. The summed E-state index contributed by atoms with van der Waals surface area (Å²) in [6.45, 7) is 2.42. The van der Waals surface area contributed by atoms with Crippen LogP contribution in [0.3, 0.4) is 0 Å². The summed E-state index contributed by atoms with van der Waals surface area (Å²) in [6.07, 6.45) is 0.962. The number of benzene rings is 1. The summed E-state index contributed by atoms with van der Waals surface area (Å²) in [5.41, 5.74) is 1.17. The molecule has 82 valence electrons. The van der Waals surface area contributed by atoms with E-state index >= 15 is 0 Å². The number of phenols is 1. The molecule has 0 bridgehead atoms. The molecule has 0 heterocycles. The number of carbonyl (C=O) groups is 1. The first-order valence-electron chi connectivity index (χ1n) is 4.79. The van der Waals surface area contributed by atoms with E-state index in [1.54, 1.807) is 25.1 Å². The van der Waals surface area contributed by atoms with E-state index in [4.69, 9.17) is 0 Å². The third-order valence-electron chi connectivity index (χ3n) is 2.15.